The maximum atomic E-state index is 10.9. The van der Waals surface area contributed by atoms with Crippen molar-refractivity contribution in [3.63, 3.8) is 0 Å². The van der Waals surface area contributed by atoms with Gasteiger partial charge in [0.05, 0.1) is 19.6 Å². The van der Waals surface area contributed by atoms with Crippen molar-refractivity contribution in [3.05, 3.63) is 126 Å². The van der Waals surface area contributed by atoms with Crippen LogP contribution in [0.3, 0.4) is 0 Å². The summed E-state index contributed by atoms with van der Waals surface area (Å²) in [4.78, 5) is 0. The van der Waals surface area contributed by atoms with Gasteiger partial charge in [0, 0.05) is 50.9 Å². The van der Waals surface area contributed by atoms with E-state index < -0.39 is 0 Å². The van der Waals surface area contributed by atoms with Crippen molar-refractivity contribution in [1.29, 1.82) is 0 Å². The standard InChI is InChI=1S/C33H27N3O3/c37-31-28-10-4-1-7-25(28)19-34(31)16-22-13-23(17-35-20-26-8-2-5-11-29(26)32(35)38)15-24(14-22)18-36-21-27-9-3-6-12-30(27)33(36)39/h1-15,19-21,37-39H,16-18H2. The van der Waals surface area contributed by atoms with Crippen LogP contribution >= 0.6 is 0 Å². The molecule has 0 saturated carbocycles. The van der Waals surface area contributed by atoms with E-state index in [-0.39, 0.29) is 17.6 Å². The maximum Gasteiger partial charge on any atom is 0.199 e. The fraction of sp³-hybridized carbons (Fsp3) is 0.0909. The van der Waals surface area contributed by atoms with E-state index in [1.54, 1.807) is 0 Å². The summed E-state index contributed by atoms with van der Waals surface area (Å²) in [7, 11) is 0. The van der Waals surface area contributed by atoms with Gasteiger partial charge in [0.15, 0.2) is 17.6 Å². The Morgan fingerprint density at radius 1 is 0.410 bits per heavy atom. The van der Waals surface area contributed by atoms with Crippen LogP contribution in [0.15, 0.2) is 110 Å². The number of hydrogen-bond acceptors (Lipinski definition) is 3. The van der Waals surface area contributed by atoms with Crippen LogP contribution in [-0.2, 0) is 19.6 Å². The minimum Gasteiger partial charge on any atom is -0.494 e. The topological polar surface area (TPSA) is 75.5 Å². The van der Waals surface area contributed by atoms with Crippen molar-refractivity contribution in [3.8, 4) is 17.6 Å². The zero-order valence-electron chi connectivity index (χ0n) is 21.2. The second-order valence-electron chi connectivity index (χ2n) is 10.2. The molecule has 0 unspecified atom stereocenters. The van der Waals surface area contributed by atoms with Gasteiger partial charge in [-0.3, -0.25) is 0 Å². The van der Waals surface area contributed by atoms with E-state index in [1.807, 2.05) is 105 Å². The first-order chi connectivity index (χ1) is 19.0. The minimum atomic E-state index is 0.237. The van der Waals surface area contributed by atoms with Crippen molar-refractivity contribution in [2.45, 2.75) is 19.6 Å². The van der Waals surface area contributed by atoms with Crippen LogP contribution in [0, 0.1) is 0 Å². The van der Waals surface area contributed by atoms with Crippen molar-refractivity contribution >= 4 is 32.3 Å². The number of aromatic hydroxyl groups is 3. The normalized spacial score (nSPS) is 11.7. The molecule has 0 bridgehead atoms. The van der Waals surface area contributed by atoms with E-state index in [9.17, 15) is 15.3 Å². The molecule has 0 amide bonds. The van der Waals surface area contributed by atoms with Crippen LogP contribution in [0.4, 0.5) is 0 Å². The summed E-state index contributed by atoms with van der Waals surface area (Å²) < 4.78 is 5.57. The molecule has 0 aliphatic rings. The highest BCUT2D eigenvalue weighted by atomic mass is 16.3. The smallest absolute Gasteiger partial charge is 0.199 e. The average Bonchev–Trinajstić information content (AvgIpc) is 3.55. The average molecular weight is 514 g/mol. The zero-order chi connectivity index (χ0) is 26.5. The molecule has 39 heavy (non-hydrogen) atoms. The zero-order valence-corrected chi connectivity index (χ0v) is 21.2. The van der Waals surface area contributed by atoms with Gasteiger partial charge in [-0.05, 0) is 34.9 Å². The molecule has 0 spiro atoms. The van der Waals surface area contributed by atoms with Gasteiger partial charge >= 0.3 is 0 Å². The van der Waals surface area contributed by atoms with E-state index in [1.165, 1.54) is 0 Å². The molecule has 3 N–H and O–H groups in total. The van der Waals surface area contributed by atoms with E-state index in [0.29, 0.717) is 19.6 Å². The molecule has 3 heterocycles. The predicted molar refractivity (Wildman–Crippen MR) is 155 cm³/mol. The Labute approximate surface area is 224 Å². The second kappa shape index (κ2) is 9.03. The van der Waals surface area contributed by atoms with Crippen LogP contribution in [0.25, 0.3) is 32.3 Å². The van der Waals surface area contributed by atoms with Crippen molar-refractivity contribution < 1.29 is 15.3 Å². The highest BCUT2D eigenvalue weighted by Gasteiger charge is 2.14. The van der Waals surface area contributed by atoms with Crippen molar-refractivity contribution in [2.24, 2.45) is 0 Å². The number of nitrogens with zero attached hydrogens (tertiary/aromatic N) is 3. The second-order valence-corrected chi connectivity index (χ2v) is 10.2. The van der Waals surface area contributed by atoms with E-state index >= 15 is 0 Å². The Kier molecular flexibility index (Phi) is 5.33. The first-order valence-electron chi connectivity index (χ1n) is 13.0. The minimum absolute atomic E-state index is 0.237. The van der Waals surface area contributed by atoms with Gasteiger partial charge in [0.1, 0.15) is 0 Å². The van der Waals surface area contributed by atoms with Crippen LogP contribution in [0.5, 0.6) is 17.6 Å². The highest BCUT2D eigenvalue weighted by molar-refractivity contribution is 5.89. The van der Waals surface area contributed by atoms with Gasteiger partial charge < -0.3 is 29.0 Å². The summed E-state index contributed by atoms with van der Waals surface area (Å²) in [5.41, 5.74) is 3.06. The molecule has 0 aliphatic heterocycles. The van der Waals surface area contributed by atoms with Gasteiger partial charge in [-0.2, -0.15) is 0 Å². The van der Waals surface area contributed by atoms with Gasteiger partial charge in [-0.25, -0.2) is 0 Å². The lowest BCUT2D eigenvalue weighted by Crippen LogP contribution is -2.05. The summed E-state index contributed by atoms with van der Waals surface area (Å²) in [5, 5.41) is 38.1. The fourth-order valence-corrected chi connectivity index (χ4v) is 5.66. The van der Waals surface area contributed by atoms with Crippen molar-refractivity contribution in [1.82, 2.24) is 13.7 Å². The lowest BCUT2D eigenvalue weighted by molar-refractivity contribution is 0.428. The Hall–Kier alpha value is -5.10. The molecule has 192 valence electrons. The molecule has 0 saturated heterocycles. The Balaban J connectivity index is 1.29. The van der Waals surface area contributed by atoms with E-state index in [4.69, 9.17) is 0 Å². The summed E-state index contributed by atoms with van der Waals surface area (Å²) in [6.45, 7) is 1.46. The van der Waals surface area contributed by atoms with Gasteiger partial charge in [0.25, 0.3) is 0 Å². The third-order valence-electron chi connectivity index (χ3n) is 7.48. The molecule has 6 nitrogen and oxygen atoms in total. The van der Waals surface area contributed by atoms with Gasteiger partial charge in [-0.1, -0.05) is 72.8 Å². The SMILES string of the molecule is Oc1c2ccccc2cn1Cc1cc(Cn2cc3ccccc3c2O)cc(Cn2cc3ccccc3c2O)c1. The molecular formula is C33H27N3O3. The predicted octanol–water partition coefficient (Wildman–Crippen LogP) is 6.81. The summed E-state index contributed by atoms with van der Waals surface area (Å²) in [6.07, 6.45) is 5.89. The number of aromatic nitrogens is 3. The molecule has 0 radical (unpaired) electrons. The molecule has 0 atom stereocenters. The third-order valence-corrected chi connectivity index (χ3v) is 7.48. The van der Waals surface area contributed by atoms with Crippen LogP contribution in [0.2, 0.25) is 0 Å². The molecule has 4 aromatic carbocycles. The monoisotopic (exact) mass is 513 g/mol. The number of rotatable bonds is 6. The summed E-state index contributed by atoms with van der Waals surface area (Å²) in [5.74, 6) is 0.712. The molecule has 7 rings (SSSR count). The molecule has 7 aromatic rings. The van der Waals surface area contributed by atoms with Crippen LogP contribution in [-0.4, -0.2) is 29.0 Å². The Bertz CT molecular complexity index is 1750. The number of hydrogen-bond donors (Lipinski definition) is 3. The first-order valence-corrected chi connectivity index (χ1v) is 13.0. The number of benzene rings is 4. The first kappa shape index (κ1) is 23.0. The molecule has 3 aromatic heterocycles. The molecular weight excluding hydrogens is 486 g/mol. The molecule has 6 heteroatoms. The highest BCUT2D eigenvalue weighted by Crippen LogP contribution is 2.31. The van der Waals surface area contributed by atoms with Crippen LogP contribution < -0.4 is 0 Å². The fourth-order valence-electron chi connectivity index (χ4n) is 5.66. The largest absolute Gasteiger partial charge is 0.494 e. The lowest BCUT2D eigenvalue weighted by atomic mass is 10.0. The van der Waals surface area contributed by atoms with Gasteiger partial charge in [0.2, 0.25) is 0 Å². The van der Waals surface area contributed by atoms with Crippen LogP contribution in [0.1, 0.15) is 16.7 Å². The van der Waals surface area contributed by atoms with E-state index in [0.717, 1.165) is 49.0 Å². The molecule has 0 aliphatic carbocycles. The quantitative estimate of drug-likeness (QED) is 0.229. The number of fused-ring (bicyclic) bond motifs is 3. The third kappa shape index (κ3) is 4.07. The van der Waals surface area contributed by atoms with Crippen molar-refractivity contribution in [2.75, 3.05) is 0 Å². The Morgan fingerprint density at radius 2 is 0.692 bits per heavy atom. The maximum absolute atomic E-state index is 10.9. The molecule has 0 fully saturated rings. The van der Waals surface area contributed by atoms with E-state index in [2.05, 4.69) is 18.2 Å². The van der Waals surface area contributed by atoms with Gasteiger partial charge in [-0.15, -0.1) is 0 Å². The lowest BCUT2D eigenvalue weighted by Gasteiger charge is -2.14. The summed E-state index contributed by atoms with van der Waals surface area (Å²) in [6, 6.07) is 29.7. The Morgan fingerprint density at radius 3 is 0.974 bits per heavy atom. The summed E-state index contributed by atoms with van der Waals surface area (Å²) >= 11 is 0.